The number of ether oxygens (including phenoxy) is 1. The Morgan fingerprint density at radius 1 is 0.963 bits per heavy atom. The predicted molar refractivity (Wildman–Crippen MR) is 107 cm³/mol. The fourth-order valence-electron chi connectivity index (χ4n) is 3.32. The quantitative estimate of drug-likeness (QED) is 0.751. The molecule has 1 heterocycles. The summed E-state index contributed by atoms with van der Waals surface area (Å²) in [4.78, 5) is 0.384. The first kappa shape index (κ1) is 19.9. The van der Waals surface area contributed by atoms with Crippen molar-refractivity contribution in [2.24, 2.45) is 0 Å². The van der Waals surface area contributed by atoms with Crippen LogP contribution in [0.25, 0.3) is 0 Å². The van der Waals surface area contributed by atoms with Gasteiger partial charge in [-0.3, -0.25) is 0 Å². The smallest absolute Gasteiger partial charge is 0.243 e. The lowest BCUT2D eigenvalue weighted by atomic mass is 10.2. The summed E-state index contributed by atoms with van der Waals surface area (Å²) in [7, 11) is -3.36. The van der Waals surface area contributed by atoms with Crippen molar-refractivity contribution < 1.29 is 13.2 Å². The molecule has 3 rings (SSSR count). The summed E-state index contributed by atoms with van der Waals surface area (Å²) in [5, 5.41) is 3.40. The Labute approximate surface area is 162 Å². The molecule has 1 saturated heterocycles. The molecule has 0 spiro atoms. The van der Waals surface area contributed by atoms with Crippen molar-refractivity contribution in [3.05, 3.63) is 59.7 Å². The Kier molecular flexibility index (Phi) is 6.88. The fraction of sp³-hybridized carbons (Fsp3) is 0.429. The second-order valence-electron chi connectivity index (χ2n) is 6.75. The van der Waals surface area contributed by atoms with Crippen molar-refractivity contribution in [2.45, 2.75) is 44.2 Å². The highest BCUT2D eigenvalue weighted by atomic mass is 32.2. The van der Waals surface area contributed by atoms with Crippen molar-refractivity contribution >= 4 is 10.0 Å². The van der Waals surface area contributed by atoms with Gasteiger partial charge in [-0.2, -0.15) is 4.31 Å². The van der Waals surface area contributed by atoms with Gasteiger partial charge < -0.3 is 10.1 Å². The number of sulfonamides is 1. The lowest BCUT2D eigenvalue weighted by Crippen LogP contribution is -2.35. The maximum Gasteiger partial charge on any atom is 0.243 e. The standard InChI is InChI=1S/C21H28N2O3S/c1-2-26-21-9-5-4-8-19(21)17-22-16-18-10-12-20(13-11-18)27(24,25)23-14-6-3-7-15-23/h4-5,8-13,22H,2-3,6-7,14-17H2,1H3. The van der Waals surface area contributed by atoms with Crippen LogP contribution in [0.2, 0.25) is 0 Å². The molecule has 0 aromatic heterocycles. The van der Waals surface area contributed by atoms with Gasteiger partial charge >= 0.3 is 0 Å². The van der Waals surface area contributed by atoms with Crippen molar-refractivity contribution in [3.8, 4) is 5.75 Å². The third-order valence-electron chi connectivity index (χ3n) is 4.79. The highest BCUT2D eigenvalue weighted by molar-refractivity contribution is 7.89. The molecule has 0 aliphatic carbocycles. The van der Waals surface area contributed by atoms with E-state index in [0.717, 1.165) is 36.1 Å². The molecule has 2 aromatic carbocycles. The molecule has 1 fully saturated rings. The number of rotatable bonds is 8. The van der Waals surface area contributed by atoms with Gasteiger partial charge in [0.1, 0.15) is 5.75 Å². The van der Waals surface area contributed by atoms with Crippen molar-refractivity contribution in [3.63, 3.8) is 0 Å². The zero-order valence-corrected chi connectivity index (χ0v) is 16.7. The van der Waals surface area contributed by atoms with Crippen LogP contribution in [0.1, 0.15) is 37.3 Å². The van der Waals surface area contributed by atoms with E-state index >= 15 is 0 Å². The Hall–Kier alpha value is -1.89. The molecule has 1 aliphatic rings. The Morgan fingerprint density at radius 3 is 2.37 bits per heavy atom. The molecule has 27 heavy (non-hydrogen) atoms. The molecule has 6 heteroatoms. The lowest BCUT2D eigenvalue weighted by molar-refractivity contribution is 0.335. The van der Waals surface area contributed by atoms with Crippen LogP contribution in [0.4, 0.5) is 0 Å². The number of benzene rings is 2. The monoisotopic (exact) mass is 388 g/mol. The second-order valence-corrected chi connectivity index (χ2v) is 8.69. The number of hydrogen-bond acceptors (Lipinski definition) is 4. The number of nitrogens with one attached hydrogen (secondary N) is 1. The van der Waals surface area contributed by atoms with Gasteiger partial charge in [-0.15, -0.1) is 0 Å². The first-order valence-corrected chi connectivity index (χ1v) is 11.1. The number of hydrogen-bond donors (Lipinski definition) is 1. The molecule has 2 aromatic rings. The van der Waals surface area contributed by atoms with Crippen molar-refractivity contribution in [2.75, 3.05) is 19.7 Å². The van der Waals surface area contributed by atoms with E-state index in [1.54, 1.807) is 16.4 Å². The summed E-state index contributed by atoms with van der Waals surface area (Å²) in [5.41, 5.74) is 2.17. The molecule has 0 bridgehead atoms. The molecule has 146 valence electrons. The fourth-order valence-corrected chi connectivity index (χ4v) is 4.84. The van der Waals surface area contributed by atoms with Gasteiger partial charge in [0.2, 0.25) is 10.0 Å². The lowest BCUT2D eigenvalue weighted by Gasteiger charge is -2.25. The molecular formula is C21H28N2O3S. The minimum Gasteiger partial charge on any atom is -0.494 e. The average molecular weight is 389 g/mol. The zero-order chi connectivity index (χ0) is 19.1. The van der Waals surface area contributed by atoms with E-state index < -0.39 is 10.0 Å². The summed E-state index contributed by atoms with van der Waals surface area (Å²) < 4.78 is 32.6. The molecular weight excluding hydrogens is 360 g/mol. The van der Waals surface area contributed by atoms with Crippen LogP contribution in [0, 0.1) is 0 Å². The normalized spacial score (nSPS) is 15.6. The van der Waals surface area contributed by atoms with Crippen LogP contribution < -0.4 is 10.1 Å². The largest absolute Gasteiger partial charge is 0.494 e. The summed E-state index contributed by atoms with van der Waals surface area (Å²) in [5.74, 6) is 0.899. The van der Waals surface area contributed by atoms with Crippen molar-refractivity contribution in [1.29, 1.82) is 0 Å². The van der Waals surface area contributed by atoms with Crippen LogP contribution in [0.5, 0.6) is 5.75 Å². The van der Waals surface area contributed by atoms with E-state index in [9.17, 15) is 8.42 Å². The Balaban J connectivity index is 1.58. The molecule has 0 radical (unpaired) electrons. The summed E-state index contributed by atoms with van der Waals surface area (Å²) in [6.45, 7) is 5.25. The first-order chi connectivity index (χ1) is 13.1. The van der Waals surface area contributed by atoms with E-state index in [2.05, 4.69) is 5.32 Å². The van der Waals surface area contributed by atoms with Crippen LogP contribution in [0.3, 0.4) is 0 Å². The predicted octanol–water partition coefficient (Wildman–Crippen LogP) is 3.55. The maximum absolute atomic E-state index is 12.7. The molecule has 0 saturated carbocycles. The third kappa shape index (κ3) is 5.09. The van der Waals surface area contributed by atoms with Gasteiger partial charge in [0.25, 0.3) is 0 Å². The van der Waals surface area contributed by atoms with Crippen LogP contribution >= 0.6 is 0 Å². The highest BCUT2D eigenvalue weighted by Crippen LogP contribution is 2.21. The van der Waals surface area contributed by atoms with Crippen molar-refractivity contribution in [1.82, 2.24) is 9.62 Å². The SMILES string of the molecule is CCOc1ccccc1CNCc1ccc(S(=O)(=O)N2CCCCC2)cc1. The average Bonchev–Trinajstić information content (AvgIpc) is 2.70. The number of para-hydroxylation sites is 1. The number of piperidine rings is 1. The van der Waals surface area contributed by atoms with Gasteiger partial charge in [0.15, 0.2) is 0 Å². The van der Waals surface area contributed by atoms with Crippen LogP contribution in [-0.4, -0.2) is 32.4 Å². The van der Waals surface area contributed by atoms with Gasteiger partial charge in [-0.05, 0) is 43.5 Å². The number of nitrogens with zero attached hydrogens (tertiary/aromatic N) is 1. The zero-order valence-electron chi connectivity index (χ0n) is 15.9. The van der Waals surface area contributed by atoms with Gasteiger partial charge in [0.05, 0.1) is 11.5 Å². The minimum absolute atomic E-state index is 0.384. The van der Waals surface area contributed by atoms with Gasteiger partial charge in [-0.25, -0.2) is 8.42 Å². The molecule has 0 unspecified atom stereocenters. The van der Waals surface area contributed by atoms with Gasteiger partial charge in [-0.1, -0.05) is 36.8 Å². The maximum atomic E-state index is 12.7. The first-order valence-electron chi connectivity index (χ1n) is 9.62. The van der Waals surface area contributed by atoms with E-state index in [1.807, 2.05) is 43.3 Å². The highest BCUT2D eigenvalue weighted by Gasteiger charge is 2.25. The third-order valence-corrected chi connectivity index (χ3v) is 6.71. The molecule has 1 aliphatic heterocycles. The van der Waals surface area contributed by atoms with E-state index in [0.29, 0.717) is 37.7 Å². The Bertz CT molecular complexity index is 829. The molecule has 0 amide bonds. The summed E-state index contributed by atoms with van der Waals surface area (Å²) in [6, 6.07) is 15.2. The van der Waals surface area contributed by atoms with E-state index in [4.69, 9.17) is 4.74 Å². The van der Waals surface area contributed by atoms with Crippen LogP contribution in [0.15, 0.2) is 53.4 Å². The van der Waals surface area contributed by atoms with E-state index in [-0.39, 0.29) is 0 Å². The Morgan fingerprint density at radius 2 is 1.67 bits per heavy atom. The molecule has 1 N–H and O–H groups in total. The molecule has 0 atom stereocenters. The van der Waals surface area contributed by atoms with Crippen LogP contribution in [-0.2, 0) is 23.1 Å². The van der Waals surface area contributed by atoms with E-state index in [1.165, 1.54) is 0 Å². The topological polar surface area (TPSA) is 58.6 Å². The molecule has 5 nitrogen and oxygen atoms in total. The summed E-state index contributed by atoms with van der Waals surface area (Å²) in [6.07, 6.45) is 3.01. The second kappa shape index (κ2) is 9.35. The van der Waals surface area contributed by atoms with Gasteiger partial charge in [0, 0.05) is 31.7 Å². The minimum atomic E-state index is -3.36. The summed E-state index contributed by atoms with van der Waals surface area (Å²) >= 11 is 0.